The third-order valence-electron chi connectivity index (χ3n) is 11.6. The van der Waals surface area contributed by atoms with E-state index in [1.807, 2.05) is 0 Å². The Morgan fingerprint density at radius 1 is 0.538 bits per heavy atom. The summed E-state index contributed by atoms with van der Waals surface area (Å²) in [6.45, 7) is 11.6. The van der Waals surface area contributed by atoms with Crippen LogP contribution in [0.3, 0.4) is 0 Å². The van der Waals surface area contributed by atoms with E-state index >= 15 is 0 Å². The van der Waals surface area contributed by atoms with Crippen LogP contribution in [0.4, 0.5) is 0 Å². The van der Waals surface area contributed by atoms with Gasteiger partial charge in [-0.05, 0) is 95.2 Å². The third-order valence-corrected chi connectivity index (χ3v) is 11.6. The molecular formula is C46H89NO5. The third kappa shape index (κ3) is 30.2. The van der Waals surface area contributed by atoms with Crippen molar-refractivity contribution in [1.29, 1.82) is 0 Å². The van der Waals surface area contributed by atoms with Gasteiger partial charge in [0.05, 0.1) is 19.6 Å². The molecule has 1 aliphatic rings. The average molecular weight is 736 g/mol. The maximum atomic E-state index is 12.8. The molecule has 0 heterocycles. The highest BCUT2D eigenvalue weighted by Crippen LogP contribution is 2.53. The van der Waals surface area contributed by atoms with Crippen molar-refractivity contribution in [2.45, 2.75) is 233 Å². The summed E-state index contributed by atoms with van der Waals surface area (Å²) >= 11 is 0. The Labute approximate surface area is 323 Å². The van der Waals surface area contributed by atoms with E-state index in [0.29, 0.717) is 32.0 Å². The summed E-state index contributed by atoms with van der Waals surface area (Å²) in [6, 6.07) is 0. The van der Waals surface area contributed by atoms with Crippen LogP contribution in [-0.4, -0.2) is 61.4 Å². The van der Waals surface area contributed by atoms with Crippen LogP contribution < -0.4 is 0 Å². The van der Waals surface area contributed by atoms with Crippen molar-refractivity contribution in [3.8, 4) is 0 Å². The molecule has 0 aromatic carbocycles. The highest BCUT2D eigenvalue weighted by atomic mass is 16.5. The van der Waals surface area contributed by atoms with Gasteiger partial charge >= 0.3 is 11.9 Å². The van der Waals surface area contributed by atoms with Gasteiger partial charge in [0.25, 0.3) is 0 Å². The number of aliphatic hydroxyl groups excluding tert-OH is 1. The molecule has 1 N–H and O–H groups in total. The zero-order chi connectivity index (χ0) is 37.8. The van der Waals surface area contributed by atoms with Crippen LogP contribution >= 0.6 is 0 Å². The van der Waals surface area contributed by atoms with Gasteiger partial charge in [0, 0.05) is 13.0 Å². The Hall–Kier alpha value is -1.14. The Morgan fingerprint density at radius 3 is 1.60 bits per heavy atom. The van der Waals surface area contributed by atoms with E-state index in [1.165, 1.54) is 154 Å². The predicted molar refractivity (Wildman–Crippen MR) is 221 cm³/mol. The molecule has 0 atom stereocenters. The first-order chi connectivity index (χ1) is 25.5. The minimum Gasteiger partial charge on any atom is -0.466 e. The Morgan fingerprint density at radius 2 is 1.02 bits per heavy atom. The number of hydrogen-bond acceptors (Lipinski definition) is 6. The van der Waals surface area contributed by atoms with E-state index in [-0.39, 0.29) is 24.0 Å². The number of aliphatic hydroxyl groups is 1. The van der Waals surface area contributed by atoms with Crippen LogP contribution in [0.25, 0.3) is 0 Å². The lowest BCUT2D eigenvalue weighted by molar-refractivity contribution is -0.146. The summed E-state index contributed by atoms with van der Waals surface area (Å²) in [4.78, 5) is 27.4. The second-order valence-corrected chi connectivity index (χ2v) is 16.7. The highest BCUT2D eigenvalue weighted by molar-refractivity contribution is 5.70. The summed E-state index contributed by atoms with van der Waals surface area (Å²) in [7, 11) is 0. The molecule has 0 radical (unpaired) electrons. The Balaban J connectivity index is 2.17. The maximum absolute atomic E-state index is 12.8. The normalized spacial score (nSPS) is 13.7. The number of rotatable bonds is 41. The molecule has 0 amide bonds. The topological polar surface area (TPSA) is 76.1 Å². The second kappa shape index (κ2) is 35.6. The first kappa shape index (κ1) is 48.9. The molecular weight excluding hydrogens is 647 g/mol. The molecule has 1 aliphatic carbocycles. The van der Waals surface area contributed by atoms with Crippen LogP contribution in [0.2, 0.25) is 0 Å². The van der Waals surface area contributed by atoms with Gasteiger partial charge in [0.1, 0.15) is 0 Å². The van der Waals surface area contributed by atoms with Gasteiger partial charge in [-0.25, -0.2) is 0 Å². The van der Waals surface area contributed by atoms with Crippen molar-refractivity contribution >= 4 is 11.9 Å². The molecule has 1 saturated carbocycles. The van der Waals surface area contributed by atoms with Crippen LogP contribution in [0.15, 0.2) is 0 Å². The van der Waals surface area contributed by atoms with Crippen molar-refractivity contribution in [2.75, 3.05) is 39.5 Å². The average Bonchev–Trinajstić information content (AvgIpc) is 3.90. The fourth-order valence-corrected chi connectivity index (χ4v) is 7.79. The number of esters is 2. The molecule has 0 aromatic heterocycles. The van der Waals surface area contributed by atoms with E-state index in [0.717, 1.165) is 64.6 Å². The molecule has 0 saturated heterocycles. The van der Waals surface area contributed by atoms with Gasteiger partial charge < -0.3 is 19.5 Å². The largest absolute Gasteiger partial charge is 0.466 e. The zero-order valence-electron chi connectivity index (χ0n) is 35.2. The first-order valence-corrected chi connectivity index (χ1v) is 23.1. The fraction of sp³-hybridized carbons (Fsp3) is 0.957. The van der Waals surface area contributed by atoms with E-state index in [9.17, 15) is 14.7 Å². The smallest absolute Gasteiger partial charge is 0.306 e. The lowest BCUT2D eigenvalue weighted by Crippen LogP contribution is -2.27. The monoisotopic (exact) mass is 736 g/mol. The molecule has 0 aromatic rings. The van der Waals surface area contributed by atoms with Crippen LogP contribution in [0.5, 0.6) is 0 Å². The molecule has 1 fully saturated rings. The lowest BCUT2D eigenvalue weighted by Gasteiger charge is -2.22. The SMILES string of the molecule is CCCCCCCCCC(=O)OCCCCCCCN(CCCCO)CCCCCC1(CC(=O)OCCC(CCCCCC)CCCCCC)CC1. The minimum atomic E-state index is -0.0164. The van der Waals surface area contributed by atoms with Gasteiger partial charge in [-0.15, -0.1) is 0 Å². The van der Waals surface area contributed by atoms with Gasteiger partial charge in [0.15, 0.2) is 0 Å². The quantitative estimate of drug-likeness (QED) is 0.0498. The number of nitrogens with zero attached hydrogens (tertiary/aromatic N) is 1. The van der Waals surface area contributed by atoms with Gasteiger partial charge in [-0.1, -0.05) is 156 Å². The van der Waals surface area contributed by atoms with E-state index in [2.05, 4.69) is 25.7 Å². The number of unbranched alkanes of at least 4 members (excludes halogenated alkanes) is 19. The van der Waals surface area contributed by atoms with Crippen molar-refractivity contribution in [1.82, 2.24) is 4.90 Å². The van der Waals surface area contributed by atoms with Crippen LogP contribution in [0, 0.1) is 11.3 Å². The summed E-state index contributed by atoms with van der Waals surface area (Å²) in [5.74, 6) is 0.743. The summed E-state index contributed by atoms with van der Waals surface area (Å²) in [5, 5.41) is 9.30. The molecule has 0 aliphatic heterocycles. The maximum Gasteiger partial charge on any atom is 0.306 e. The molecule has 6 nitrogen and oxygen atoms in total. The Kier molecular flexibility index (Phi) is 33.4. The van der Waals surface area contributed by atoms with E-state index in [4.69, 9.17) is 9.47 Å². The molecule has 308 valence electrons. The second-order valence-electron chi connectivity index (χ2n) is 16.7. The molecule has 0 spiro atoms. The summed E-state index contributed by atoms with van der Waals surface area (Å²) in [5.41, 5.74) is 0.226. The van der Waals surface area contributed by atoms with E-state index in [1.54, 1.807) is 0 Å². The first-order valence-electron chi connectivity index (χ1n) is 23.1. The predicted octanol–water partition coefficient (Wildman–Crippen LogP) is 12.9. The van der Waals surface area contributed by atoms with Gasteiger partial charge in [0.2, 0.25) is 0 Å². The standard InChI is InChI=1S/C46H89NO5/c1-4-7-10-13-14-16-22-31-44(49)51-40-28-18-15-17-24-36-47(38-26-27-39-48)37-25-19-23-33-46(34-35-46)42-45(50)52-41-32-43(29-20-11-8-5-2)30-21-12-9-6-3/h43,48H,4-42H2,1-3H3. The Bertz CT molecular complexity index is 788. The lowest BCUT2D eigenvalue weighted by atomic mass is 9.92. The molecule has 52 heavy (non-hydrogen) atoms. The highest BCUT2D eigenvalue weighted by Gasteiger charge is 2.43. The molecule has 0 bridgehead atoms. The summed E-state index contributed by atoms with van der Waals surface area (Å²) < 4.78 is 11.3. The van der Waals surface area contributed by atoms with Crippen LogP contribution in [0.1, 0.15) is 233 Å². The van der Waals surface area contributed by atoms with Crippen molar-refractivity contribution in [3.63, 3.8) is 0 Å². The number of ether oxygens (including phenoxy) is 2. The van der Waals surface area contributed by atoms with E-state index < -0.39 is 0 Å². The van der Waals surface area contributed by atoms with Crippen molar-refractivity contribution < 1.29 is 24.2 Å². The van der Waals surface area contributed by atoms with Crippen LogP contribution in [-0.2, 0) is 19.1 Å². The van der Waals surface area contributed by atoms with Gasteiger partial charge in [-0.3, -0.25) is 9.59 Å². The number of hydrogen-bond donors (Lipinski definition) is 1. The van der Waals surface area contributed by atoms with Crippen molar-refractivity contribution in [2.24, 2.45) is 11.3 Å². The zero-order valence-corrected chi connectivity index (χ0v) is 35.2. The molecule has 1 rings (SSSR count). The van der Waals surface area contributed by atoms with Crippen molar-refractivity contribution in [3.05, 3.63) is 0 Å². The number of carbonyl (C=O) groups excluding carboxylic acids is 2. The fourth-order valence-electron chi connectivity index (χ4n) is 7.79. The number of carbonyl (C=O) groups is 2. The minimum absolute atomic E-state index is 0.0164. The molecule has 6 heteroatoms. The summed E-state index contributed by atoms with van der Waals surface area (Å²) in [6.07, 6.45) is 38.9. The molecule has 0 unspecified atom stereocenters. The van der Waals surface area contributed by atoms with Gasteiger partial charge in [-0.2, -0.15) is 0 Å².